The number of amidine groups is 1. The molecule has 0 spiro atoms. The first-order valence-corrected chi connectivity index (χ1v) is 12.6. The van der Waals surface area contributed by atoms with Gasteiger partial charge in [0.2, 0.25) is 5.71 Å². The van der Waals surface area contributed by atoms with Gasteiger partial charge in [-0.05, 0) is 31.2 Å². The lowest BCUT2D eigenvalue weighted by Gasteiger charge is -2.32. The van der Waals surface area contributed by atoms with Crippen LogP contribution in [-0.4, -0.2) is 86.7 Å². The van der Waals surface area contributed by atoms with Crippen molar-refractivity contribution in [1.82, 2.24) is 9.96 Å². The quantitative estimate of drug-likeness (QED) is 0.238. The first kappa shape index (κ1) is 28.8. The summed E-state index contributed by atoms with van der Waals surface area (Å²) in [6, 6.07) is 13.7. The topological polar surface area (TPSA) is 155 Å². The second-order valence-electron chi connectivity index (χ2n) is 9.01. The summed E-state index contributed by atoms with van der Waals surface area (Å²) in [6.07, 6.45) is -1.43. The van der Waals surface area contributed by atoms with Gasteiger partial charge in [-0.3, -0.25) is 19.9 Å². The van der Waals surface area contributed by atoms with Crippen molar-refractivity contribution in [2.45, 2.75) is 13.3 Å². The number of likely N-dealkylation sites (N-methyl/N-ethyl adjacent to an activating group) is 1. The smallest absolute Gasteiger partial charge is 0.364 e. The second kappa shape index (κ2) is 12.3. The molecule has 0 aromatic heterocycles. The molecule has 0 amide bonds. The van der Waals surface area contributed by atoms with Crippen LogP contribution in [-0.2, 0) is 14.4 Å². The normalized spacial score (nSPS) is 16.5. The highest BCUT2D eigenvalue weighted by molar-refractivity contribution is 6.42. The van der Waals surface area contributed by atoms with Gasteiger partial charge in [-0.2, -0.15) is 10.3 Å². The number of esters is 1. The summed E-state index contributed by atoms with van der Waals surface area (Å²) in [5.41, 5.74) is 0.121. The van der Waals surface area contributed by atoms with Gasteiger partial charge in [0.25, 0.3) is 6.35 Å². The Morgan fingerprint density at radius 1 is 1.27 bits per heavy atom. The van der Waals surface area contributed by atoms with Crippen molar-refractivity contribution in [2.75, 3.05) is 52.8 Å². The molecule has 214 valence electrons. The maximum absolute atomic E-state index is 12.9. The molecule has 2 aliphatic rings. The number of hydroxylamine groups is 2. The molecule has 14 heteroatoms. The number of rotatable bonds is 10. The van der Waals surface area contributed by atoms with Crippen molar-refractivity contribution in [1.29, 1.82) is 5.26 Å². The minimum Gasteiger partial charge on any atom is -0.461 e. The number of hydrogen-bond donors (Lipinski definition) is 0. The van der Waals surface area contributed by atoms with Gasteiger partial charge in [0.15, 0.2) is 5.75 Å². The summed E-state index contributed by atoms with van der Waals surface area (Å²) in [5, 5.41) is 22.7. The van der Waals surface area contributed by atoms with Gasteiger partial charge in [-0.1, -0.05) is 12.1 Å². The van der Waals surface area contributed by atoms with Crippen LogP contribution in [0.2, 0.25) is 0 Å². The molecule has 0 bridgehead atoms. The number of benzene rings is 2. The number of ether oxygens (including phenoxy) is 3. The molecule has 0 saturated heterocycles. The minimum atomic E-state index is -1.43. The number of hydrogen-bond acceptors (Lipinski definition) is 13. The summed E-state index contributed by atoms with van der Waals surface area (Å²) < 4.78 is 17.2. The van der Waals surface area contributed by atoms with E-state index in [0.717, 1.165) is 23.0 Å². The van der Waals surface area contributed by atoms with E-state index in [-0.39, 0.29) is 17.9 Å². The van der Waals surface area contributed by atoms with Crippen LogP contribution in [0.15, 0.2) is 64.0 Å². The van der Waals surface area contributed by atoms with E-state index in [2.05, 4.69) is 9.98 Å². The van der Waals surface area contributed by atoms with Crippen molar-refractivity contribution in [3.63, 3.8) is 0 Å². The van der Waals surface area contributed by atoms with Crippen LogP contribution in [0, 0.1) is 21.4 Å². The number of aliphatic imine (C=N–C) groups is 2. The zero-order valence-corrected chi connectivity index (χ0v) is 23.2. The van der Waals surface area contributed by atoms with Crippen LogP contribution >= 0.6 is 0 Å². The molecule has 2 heterocycles. The van der Waals surface area contributed by atoms with Crippen molar-refractivity contribution in [2.24, 2.45) is 9.98 Å². The first-order chi connectivity index (χ1) is 19.7. The fourth-order valence-electron chi connectivity index (χ4n) is 4.20. The van der Waals surface area contributed by atoms with E-state index < -0.39 is 34.5 Å². The third-order valence-corrected chi connectivity index (χ3v) is 6.08. The number of nitriles is 1. The Balaban J connectivity index is 1.82. The highest BCUT2D eigenvalue weighted by Gasteiger charge is 2.45. The van der Waals surface area contributed by atoms with Crippen molar-refractivity contribution >= 4 is 23.2 Å². The van der Waals surface area contributed by atoms with E-state index in [1.54, 1.807) is 56.3 Å². The predicted octanol–water partition coefficient (Wildman–Crippen LogP) is 2.38. The van der Waals surface area contributed by atoms with Crippen LogP contribution in [0.4, 0.5) is 5.69 Å². The molecule has 1 unspecified atom stereocenters. The molecule has 4 rings (SSSR count). The molecule has 41 heavy (non-hydrogen) atoms. The van der Waals surface area contributed by atoms with Crippen LogP contribution in [0.25, 0.3) is 0 Å². The maximum atomic E-state index is 12.9. The van der Waals surface area contributed by atoms with Gasteiger partial charge in [-0.25, -0.2) is 9.79 Å². The predicted molar refractivity (Wildman–Crippen MR) is 148 cm³/mol. The van der Waals surface area contributed by atoms with Gasteiger partial charge in [-0.15, -0.1) is 0 Å². The fourth-order valence-corrected chi connectivity index (χ4v) is 4.20. The van der Waals surface area contributed by atoms with Crippen molar-refractivity contribution in [3.8, 4) is 17.6 Å². The van der Waals surface area contributed by atoms with Crippen LogP contribution in [0.5, 0.6) is 11.5 Å². The molecule has 1 atom stereocenters. The molecule has 0 saturated carbocycles. The molecule has 0 aliphatic carbocycles. The number of nitrogens with zero attached hydrogens (tertiary/aromatic N) is 7. The van der Waals surface area contributed by atoms with Gasteiger partial charge >= 0.3 is 17.5 Å². The summed E-state index contributed by atoms with van der Waals surface area (Å²) in [4.78, 5) is 42.4. The van der Waals surface area contributed by atoms with Gasteiger partial charge in [0.05, 0.1) is 42.5 Å². The molecule has 2 aromatic carbocycles. The fraction of sp³-hybridized carbons (Fsp3) is 0.333. The largest absolute Gasteiger partial charge is 0.461 e. The highest BCUT2D eigenvalue weighted by atomic mass is 16.7. The Morgan fingerprint density at radius 2 is 2.05 bits per heavy atom. The average Bonchev–Trinajstić information content (AvgIpc) is 3.38. The molecule has 0 radical (unpaired) electrons. The lowest BCUT2D eigenvalue weighted by atomic mass is 10.2. The van der Waals surface area contributed by atoms with E-state index in [1.807, 2.05) is 24.1 Å². The monoisotopic (exact) mass is 563 g/mol. The van der Waals surface area contributed by atoms with E-state index >= 15 is 0 Å². The van der Waals surface area contributed by atoms with Crippen LogP contribution in [0.1, 0.15) is 18.1 Å². The molecular weight excluding hydrogens is 534 g/mol. The Morgan fingerprint density at radius 3 is 2.66 bits per heavy atom. The lowest BCUT2D eigenvalue weighted by molar-refractivity contribution is -0.422. The molecule has 14 nitrogen and oxygen atoms in total. The minimum absolute atomic E-state index is 0.0504. The Bertz CT molecular complexity index is 1480. The molecule has 0 fully saturated rings. The van der Waals surface area contributed by atoms with Crippen LogP contribution in [0.3, 0.4) is 0 Å². The zero-order valence-electron chi connectivity index (χ0n) is 23.2. The molecule has 0 N–H and O–H groups in total. The Kier molecular flexibility index (Phi) is 8.69. The molecule has 2 aliphatic heterocycles. The first-order valence-electron chi connectivity index (χ1n) is 12.6. The summed E-state index contributed by atoms with van der Waals surface area (Å²) in [6.45, 7) is 2.96. The summed E-state index contributed by atoms with van der Waals surface area (Å²) >= 11 is 0. The Labute approximate surface area is 236 Å². The molecule has 2 aromatic rings. The highest BCUT2D eigenvalue weighted by Crippen LogP contribution is 2.34. The zero-order chi connectivity index (χ0) is 29.7. The van der Waals surface area contributed by atoms with Gasteiger partial charge < -0.3 is 24.0 Å². The summed E-state index contributed by atoms with van der Waals surface area (Å²) in [7, 11) is 6.66. The van der Waals surface area contributed by atoms with Gasteiger partial charge in [0, 0.05) is 39.3 Å². The van der Waals surface area contributed by atoms with Crippen molar-refractivity contribution < 1.29 is 28.8 Å². The van der Waals surface area contributed by atoms with E-state index in [0.29, 0.717) is 18.0 Å². The number of nitro groups is 1. The van der Waals surface area contributed by atoms with Crippen LogP contribution < -0.4 is 14.4 Å². The van der Waals surface area contributed by atoms with E-state index in [4.69, 9.17) is 19.0 Å². The SMILES string of the molecule is CCOC(=O)C1=NC(Oc2cccc(C3=NCCN3C)c2)N(OC)C(Oc2cc(C#N)ccc2N(C)C)=C1[N+](=O)[O-]. The number of carbonyl (C=O) groups excluding carboxylic acids is 1. The van der Waals surface area contributed by atoms with Crippen molar-refractivity contribution in [3.05, 3.63) is 75.3 Å². The number of carbonyl (C=O) groups is 1. The third-order valence-electron chi connectivity index (χ3n) is 6.08. The van der Waals surface area contributed by atoms with Gasteiger partial charge in [0.1, 0.15) is 11.6 Å². The standard InChI is InChI=1S/C27H29N7O7/c1-6-39-26(35)22-23(34(36)37)25(41-21-14-17(16-28)10-11-20(21)31(2)3)33(38-5)27(30-22)40-19-9-7-8-18(15-19)24-29-12-13-32(24)4/h7-11,14-15,27H,6,12-13H2,1-5H3. The average molecular weight is 564 g/mol. The van der Waals surface area contributed by atoms with E-state index in [1.165, 1.54) is 13.2 Å². The van der Waals surface area contributed by atoms with E-state index in [9.17, 15) is 20.2 Å². The molecular formula is C27H29N7O7. The second-order valence-corrected chi connectivity index (χ2v) is 9.01. The number of anilines is 1. The lowest BCUT2D eigenvalue weighted by Crippen LogP contribution is -2.46. The Hall–Kier alpha value is -5.16. The maximum Gasteiger partial charge on any atom is 0.364 e. The third kappa shape index (κ3) is 6.04. The summed E-state index contributed by atoms with van der Waals surface area (Å²) in [5.74, 6) is -0.326.